The minimum atomic E-state index is -2.60. The first-order chi connectivity index (χ1) is 66.2. The second-order valence-electron chi connectivity index (χ2n) is 46.5. The maximum atomic E-state index is 12.7. The van der Waals surface area contributed by atoms with Crippen molar-refractivity contribution in [1.82, 2.24) is 0 Å². The van der Waals surface area contributed by atoms with E-state index in [-0.39, 0.29) is 88.5 Å². The van der Waals surface area contributed by atoms with E-state index in [1.807, 2.05) is 20.8 Å². The summed E-state index contributed by atoms with van der Waals surface area (Å²) >= 11 is 46.7. The lowest BCUT2D eigenvalue weighted by atomic mass is 10.1. The van der Waals surface area contributed by atoms with E-state index in [0.717, 1.165) is 161 Å². The van der Waals surface area contributed by atoms with Gasteiger partial charge in [0.25, 0.3) is 12.0 Å². The summed E-state index contributed by atoms with van der Waals surface area (Å²) in [5.74, 6) is 7.23. The van der Waals surface area contributed by atoms with Gasteiger partial charge in [0.05, 0.1) is 18.7 Å². The molecule has 0 aromatic carbocycles. The molecule has 0 radical (unpaired) electrons. The molecule has 838 valence electrons. The first-order valence-corrected chi connectivity index (χ1v) is 57.8. The molecule has 0 unspecified atom stereocenters. The van der Waals surface area contributed by atoms with Gasteiger partial charge in [0, 0.05) is 129 Å². The number of allylic oxidation sites excluding steroid dienone is 4. The fourth-order valence-corrected chi connectivity index (χ4v) is 25.4. The van der Waals surface area contributed by atoms with Crippen molar-refractivity contribution in [3.63, 3.8) is 0 Å². The van der Waals surface area contributed by atoms with Gasteiger partial charge < -0.3 is 91.7 Å². The maximum Gasteiger partial charge on any atom is 0.271 e. The fraction of sp³-hybridized carbons (Fsp3) is 0.818. The van der Waals surface area contributed by atoms with Gasteiger partial charge in [-0.15, -0.1) is 11.6 Å². The minimum Gasteiger partial charge on any atom is -0.327 e. The first-order valence-electron chi connectivity index (χ1n) is 53.2. The number of alkyl halides is 9. The van der Waals surface area contributed by atoms with Crippen LogP contribution in [0.15, 0.2) is 114 Å². The molecule has 32 N–H and O–H groups in total. The van der Waals surface area contributed by atoms with Gasteiger partial charge in [-0.2, -0.15) is 8.78 Å². The van der Waals surface area contributed by atoms with E-state index in [9.17, 15) is 35.1 Å². The summed E-state index contributed by atoms with van der Waals surface area (Å²) in [7, 11) is 0. The quantitative estimate of drug-likeness (QED) is 0.0608. The molecule has 16 nitrogen and oxygen atoms in total. The highest BCUT2D eigenvalue weighted by atomic mass is 79.9. The number of hydrogen-bond acceptors (Lipinski definition) is 16. The van der Waals surface area contributed by atoms with Crippen molar-refractivity contribution in [2.24, 2.45) is 186 Å². The number of nitrogens with two attached hydrogens (primary N) is 16. The van der Waals surface area contributed by atoms with Crippen molar-refractivity contribution < 1.29 is 35.1 Å². The smallest absolute Gasteiger partial charge is 0.271 e. The Kier molecular flexibility index (Phi) is 69.3. The van der Waals surface area contributed by atoms with Crippen molar-refractivity contribution in [3.8, 4) is 0 Å². The first kappa shape index (κ1) is 140. The van der Waals surface area contributed by atoms with Gasteiger partial charge in [-0.1, -0.05) is 258 Å². The Morgan fingerprint density at radius 2 is 0.692 bits per heavy atom. The van der Waals surface area contributed by atoms with Gasteiger partial charge in [-0.3, -0.25) is 0 Å². The lowest BCUT2D eigenvalue weighted by Crippen LogP contribution is -2.34. The number of halogens is 17. The summed E-state index contributed by atoms with van der Waals surface area (Å²) in [6.45, 7) is 44.7. The van der Waals surface area contributed by atoms with Gasteiger partial charge in [0.1, 0.15) is 21.2 Å². The van der Waals surface area contributed by atoms with Crippen molar-refractivity contribution in [1.29, 1.82) is 0 Å². The Hall–Kier alpha value is -0.810. The zero-order chi connectivity index (χ0) is 110. The molecule has 0 heterocycles. The minimum absolute atomic E-state index is 0.00926. The standard InChI is InChI=1S/C9H17N.2C8H15N.C7H11Cl2N.2C7H12ClN.C7H11F2N.2C7H12FN.C7H13N.C6H11BrFN.C6H12BrN.C6H11Cl2N.C6H12ClN.C6H11F2N.C6H12FN/c1-6(2)8-4-7(3)5-9(8)10;2*1-3-7-4-6(2)5-8(7)9;1-4-2-5(7(8)9)6(10)3-4;2*1-5-2-6(4-8)7(9)3-5;1-4-2-5(7(8)9)6(10)3-4;2*1-5-2-6(4-8)7(9)3-5;1-5-3-6(2)7(8)4-5;1-3-2-4(8)6(9)5(3)7;1-4-2-5(7)6(8)3-4;1-4-2-5(9)6(7,8)3-4;1-4-2-5(7)6(8)3-4;1-4-2-5(9)6(7,8)3-4;1-4-2-5(7)6(8)3-4/h7,9H,4-5,10H2,1-3H3;2*3,6,8H,4-5,9H2,1-2H3;4,6H,2-3,10H2,1H3;2*4-5,7H,2-3,9H2,1H3;4,6H,2-3,10H2,1H3;2*4-5,7H,2-3,9H2,1H3;3,5,7H,4,8H2,1-2H3;3-6H,2,9H2,1H3;4-6H,2-3,8H2,1H3;4-5H,2-3,9H2,1H3;4-6H,2-3,8H2,1H3;4-5H,2-3,9H2,1H3;4-6H,2-3,8H2,1H3/b;7-3+;7-3-;;6-4+;6-4-;;6-4+;6-4-;;;;;;;/t7-,9-;2*6-,8-;4-,6-;2*5-,7-;4-,6-;3*5-,7-;3-,4-,5+,6+;4-,5-,6-;4-,5+;4-,5-,6-;4-,5+;4-,5-,6-/m0000000000001010/s1. The topological polar surface area (TPSA) is 416 Å². The molecule has 0 amide bonds. The second-order valence-corrected chi connectivity index (χ2v) is 52.2. The van der Waals surface area contributed by atoms with Gasteiger partial charge >= 0.3 is 0 Å². The Balaban J connectivity index is 0.000000763. The molecule has 0 saturated heterocycles. The molecule has 0 bridgehead atoms. The van der Waals surface area contributed by atoms with Crippen LogP contribution in [0, 0.1) is 94.7 Å². The van der Waals surface area contributed by atoms with Crippen molar-refractivity contribution in [2.75, 3.05) is 0 Å². The molecule has 143 heavy (non-hydrogen) atoms. The van der Waals surface area contributed by atoms with Crippen molar-refractivity contribution >= 4 is 113 Å². The summed E-state index contributed by atoms with van der Waals surface area (Å²) in [6.07, 6.45) is 33.2. The van der Waals surface area contributed by atoms with Crippen molar-refractivity contribution in [3.05, 3.63) is 114 Å². The molecule has 16 aliphatic carbocycles. The van der Waals surface area contributed by atoms with Crippen LogP contribution in [0.1, 0.15) is 338 Å². The van der Waals surface area contributed by atoms with Crippen LogP contribution in [0.4, 0.5) is 35.1 Å². The molecule has 0 aromatic rings. The maximum absolute atomic E-state index is 12.7. The van der Waals surface area contributed by atoms with E-state index in [1.165, 1.54) is 90.4 Å². The van der Waals surface area contributed by atoms with Crippen LogP contribution in [0.25, 0.3) is 0 Å². The Labute approximate surface area is 913 Å². The summed E-state index contributed by atoms with van der Waals surface area (Å²) in [4.78, 5) is 0.755. The lowest BCUT2D eigenvalue weighted by Gasteiger charge is -2.16. The highest BCUT2D eigenvalue weighted by Gasteiger charge is 2.46. The van der Waals surface area contributed by atoms with E-state index < -0.39 is 34.7 Å². The van der Waals surface area contributed by atoms with Crippen molar-refractivity contribution in [2.45, 2.75) is 472 Å². The lowest BCUT2D eigenvalue weighted by molar-refractivity contribution is -0.00920. The molecule has 0 spiro atoms. The molecule has 0 aliphatic heterocycles. The summed E-state index contributed by atoms with van der Waals surface area (Å²) in [5, 5.41) is 0.241. The summed E-state index contributed by atoms with van der Waals surface area (Å²) < 4.78 is 97.4. The highest BCUT2D eigenvalue weighted by Crippen LogP contribution is 2.44. The van der Waals surface area contributed by atoms with Crippen LogP contribution in [-0.2, 0) is 0 Å². The monoisotopic (exact) mass is 2300 g/mol. The van der Waals surface area contributed by atoms with E-state index in [4.69, 9.17) is 173 Å². The highest BCUT2D eigenvalue weighted by molar-refractivity contribution is 9.09. The van der Waals surface area contributed by atoms with Crippen LogP contribution in [-0.4, -0.2) is 134 Å². The average Bonchev–Trinajstić information content (AvgIpc) is 1.79. The third kappa shape index (κ3) is 53.9. The van der Waals surface area contributed by atoms with Crippen LogP contribution in [0.5, 0.6) is 0 Å². The fourth-order valence-electron chi connectivity index (χ4n) is 21.9. The Bertz CT molecular complexity index is 3450. The predicted molar refractivity (Wildman–Crippen MR) is 611 cm³/mol. The zero-order valence-electron chi connectivity index (χ0n) is 90.8. The molecular weight excluding hydrogens is 2110 g/mol. The number of hydrogen-bond donors (Lipinski definition) is 16. The molecule has 15 fully saturated rings. The molecule has 16 rings (SSSR count). The van der Waals surface area contributed by atoms with Gasteiger partial charge in [-0.05, 0) is 343 Å². The largest absolute Gasteiger partial charge is 0.327 e. The van der Waals surface area contributed by atoms with Crippen LogP contribution >= 0.6 is 113 Å². The second kappa shape index (κ2) is 70.6. The average molecular weight is 2310 g/mol. The third-order valence-corrected chi connectivity index (χ3v) is 35.4. The number of rotatable bonds is 0. The summed E-state index contributed by atoms with van der Waals surface area (Å²) in [5.41, 5.74) is 106. The van der Waals surface area contributed by atoms with E-state index in [0.29, 0.717) is 132 Å². The molecule has 15 saturated carbocycles. The summed E-state index contributed by atoms with van der Waals surface area (Å²) in [6, 6.07) is 0.870. The van der Waals surface area contributed by atoms with E-state index >= 15 is 0 Å². The van der Waals surface area contributed by atoms with Gasteiger partial charge in [0.15, 0.2) is 0 Å². The molecule has 33 heteroatoms. The Morgan fingerprint density at radius 3 is 0.797 bits per heavy atom. The normalized spacial score (nSPS) is 40.6. The zero-order valence-corrected chi connectivity index (χ0v) is 99.2. The molecule has 16 aliphatic rings. The van der Waals surface area contributed by atoms with E-state index in [2.05, 4.69) is 168 Å². The van der Waals surface area contributed by atoms with E-state index in [1.54, 1.807) is 18.0 Å². The molecular formula is C110H199Br2Cl7F8N16. The van der Waals surface area contributed by atoms with Crippen LogP contribution in [0.3, 0.4) is 0 Å². The van der Waals surface area contributed by atoms with Crippen LogP contribution in [0.2, 0.25) is 0 Å². The van der Waals surface area contributed by atoms with Gasteiger partial charge in [-0.25, -0.2) is 26.3 Å². The Morgan fingerprint density at radius 1 is 0.364 bits per heavy atom. The molecule has 37 atom stereocenters. The predicted octanol–water partition coefficient (Wildman–Crippen LogP) is 26.7. The molecule has 0 aromatic heterocycles. The van der Waals surface area contributed by atoms with Crippen LogP contribution < -0.4 is 91.7 Å². The third-order valence-electron chi connectivity index (χ3n) is 30.4. The SMILES string of the molecule is C/C=C1/C[C@H](C)C[C@@H]1N.C/C=C1\C[C@H](C)C[C@@H]1N.CC(C)=C1C[C@H](C)C[C@@H]1N.CC1=C[C@H](C)C[C@@H]1N.C[C@@H]1C[C@H](N)C(Cl)(Cl)C1.C[C@@H]1C[C@H](N)C(F)(F)C1.C[C@@H]1C[C@H](N)[C@@H](Br)C1.C[C@@H]1C[C@H](N)[C@@H](Cl)C1.C[C@@H]1C[C@H](N)[C@@H](F)C1.C[C@H]1C/C(=C/Cl)[C@@H](N)C1.C[C@H]1C/C(=C/F)[C@@H](N)C1.C[C@H]1C/C(=C\Cl)[C@@H](N)C1.C[C@H]1C/C(=C\F)[C@@H](N)C1.C[C@H]1CC(=C(Cl)Cl)[C@@H](N)C1.C[C@H]1CC(=C(F)F)[C@@H](N)C1.C[C@H]1C[C@H](F)[C@@H](N)[C@@H]1Br. The van der Waals surface area contributed by atoms with Gasteiger partial charge in [0.2, 0.25) is 0 Å².